The highest BCUT2D eigenvalue weighted by molar-refractivity contribution is 5.96. The molecule has 110 valence electrons. The minimum Gasteiger partial charge on any atom is -0.361 e. The van der Waals surface area contributed by atoms with Crippen LogP contribution in [0.15, 0.2) is 28.9 Å². The normalized spacial score (nSPS) is 18.8. The first-order valence-corrected chi connectivity index (χ1v) is 7.33. The van der Waals surface area contributed by atoms with Crippen LogP contribution in [0.1, 0.15) is 52.8 Å². The first kappa shape index (κ1) is 13.8. The number of piperidine rings is 1. The van der Waals surface area contributed by atoms with Crippen LogP contribution in [0.2, 0.25) is 0 Å². The van der Waals surface area contributed by atoms with Crippen molar-refractivity contribution in [3.05, 3.63) is 47.1 Å². The van der Waals surface area contributed by atoms with Gasteiger partial charge in [0.15, 0.2) is 0 Å². The lowest BCUT2D eigenvalue weighted by Crippen LogP contribution is -2.39. The van der Waals surface area contributed by atoms with E-state index in [2.05, 4.69) is 10.1 Å². The Bertz CT molecular complexity index is 617. The van der Waals surface area contributed by atoms with Crippen LogP contribution in [0.25, 0.3) is 0 Å². The monoisotopic (exact) mass is 285 g/mol. The first-order valence-electron chi connectivity index (χ1n) is 7.33. The van der Waals surface area contributed by atoms with Gasteiger partial charge in [0.05, 0.1) is 17.4 Å². The van der Waals surface area contributed by atoms with Gasteiger partial charge in [-0.05, 0) is 45.2 Å². The van der Waals surface area contributed by atoms with Crippen LogP contribution in [-0.2, 0) is 0 Å². The fourth-order valence-corrected chi connectivity index (χ4v) is 2.99. The van der Waals surface area contributed by atoms with E-state index in [1.165, 1.54) is 0 Å². The highest BCUT2D eigenvalue weighted by Crippen LogP contribution is 2.31. The molecule has 0 N–H and O–H groups in total. The van der Waals surface area contributed by atoms with Crippen LogP contribution < -0.4 is 0 Å². The van der Waals surface area contributed by atoms with Crippen LogP contribution in [0.4, 0.5) is 0 Å². The Balaban J connectivity index is 1.93. The molecule has 5 heteroatoms. The van der Waals surface area contributed by atoms with Crippen molar-refractivity contribution >= 4 is 5.91 Å². The maximum atomic E-state index is 12.9. The molecule has 1 amide bonds. The smallest absolute Gasteiger partial charge is 0.259 e. The van der Waals surface area contributed by atoms with Crippen LogP contribution >= 0.6 is 0 Å². The molecule has 3 heterocycles. The molecule has 1 fully saturated rings. The molecule has 0 bridgehead atoms. The zero-order valence-corrected chi connectivity index (χ0v) is 12.4. The summed E-state index contributed by atoms with van der Waals surface area (Å²) in [5, 5.41) is 3.89. The average molecular weight is 285 g/mol. The molecule has 1 atom stereocenters. The summed E-state index contributed by atoms with van der Waals surface area (Å²) in [5.41, 5.74) is 2.21. The molecule has 0 radical (unpaired) electrons. The molecule has 21 heavy (non-hydrogen) atoms. The van der Waals surface area contributed by atoms with Crippen molar-refractivity contribution in [2.45, 2.75) is 39.2 Å². The lowest BCUT2D eigenvalue weighted by molar-refractivity contribution is 0.0603. The van der Waals surface area contributed by atoms with E-state index >= 15 is 0 Å². The van der Waals surface area contributed by atoms with E-state index in [4.69, 9.17) is 4.52 Å². The van der Waals surface area contributed by atoms with Crippen LogP contribution in [0.3, 0.4) is 0 Å². The summed E-state index contributed by atoms with van der Waals surface area (Å²) in [6.45, 7) is 4.35. The van der Waals surface area contributed by atoms with Crippen molar-refractivity contribution in [3.8, 4) is 0 Å². The van der Waals surface area contributed by atoms with Crippen molar-refractivity contribution in [1.82, 2.24) is 15.0 Å². The predicted molar refractivity (Wildman–Crippen MR) is 77.8 cm³/mol. The number of nitrogens with zero attached hydrogens (tertiary/aromatic N) is 3. The third kappa shape index (κ3) is 2.55. The zero-order chi connectivity index (χ0) is 14.8. The van der Waals surface area contributed by atoms with Crippen LogP contribution in [0.5, 0.6) is 0 Å². The van der Waals surface area contributed by atoms with Gasteiger partial charge in [-0.25, -0.2) is 0 Å². The molecule has 0 saturated carbocycles. The van der Waals surface area contributed by atoms with Crippen molar-refractivity contribution in [3.63, 3.8) is 0 Å². The van der Waals surface area contributed by atoms with Gasteiger partial charge >= 0.3 is 0 Å². The van der Waals surface area contributed by atoms with Crippen molar-refractivity contribution in [1.29, 1.82) is 0 Å². The standard InChI is InChI=1S/C16H19N3O2/c1-11-15(12(2)21-18-11)16(20)19-10-6-4-8-14(19)13-7-3-5-9-17-13/h3,5,7,9,14H,4,6,8,10H2,1-2H3. The number of aryl methyl sites for hydroxylation is 2. The van der Waals surface area contributed by atoms with Gasteiger partial charge in [0.25, 0.3) is 5.91 Å². The Morgan fingerprint density at radius 2 is 2.19 bits per heavy atom. The molecular formula is C16H19N3O2. The second-order valence-electron chi connectivity index (χ2n) is 5.46. The number of hydrogen-bond donors (Lipinski definition) is 0. The van der Waals surface area contributed by atoms with Gasteiger partial charge in [-0.2, -0.15) is 0 Å². The third-order valence-electron chi connectivity index (χ3n) is 4.04. The maximum Gasteiger partial charge on any atom is 0.259 e. The van der Waals surface area contributed by atoms with Crippen molar-refractivity contribution in [2.75, 3.05) is 6.54 Å². The van der Waals surface area contributed by atoms with E-state index < -0.39 is 0 Å². The quantitative estimate of drug-likeness (QED) is 0.851. The molecule has 2 aromatic heterocycles. The number of likely N-dealkylation sites (tertiary alicyclic amines) is 1. The first-order chi connectivity index (χ1) is 10.2. The van der Waals surface area contributed by atoms with E-state index in [1.54, 1.807) is 13.1 Å². The van der Waals surface area contributed by atoms with Gasteiger partial charge in [0, 0.05) is 12.7 Å². The number of carbonyl (C=O) groups is 1. The van der Waals surface area contributed by atoms with E-state index in [1.807, 2.05) is 30.0 Å². The summed E-state index contributed by atoms with van der Waals surface area (Å²) < 4.78 is 5.14. The molecule has 0 aromatic carbocycles. The summed E-state index contributed by atoms with van der Waals surface area (Å²) in [6, 6.07) is 5.90. The Kier molecular flexibility index (Phi) is 3.73. The maximum absolute atomic E-state index is 12.9. The van der Waals surface area contributed by atoms with E-state index in [9.17, 15) is 4.79 Å². The second-order valence-corrected chi connectivity index (χ2v) is 5.46. The number of aromatic nitrogens is 2. The highest BCUT2D eigenvalue weighted by Gasteiger charge is 2.32. The fourth-order valence-electron chi connectivity index (χ4n) is 2.99. The number of carbonyl (C=O) groups excluding carboxylic acids is 1. The largest absolute Gasteiger partial charge is 0.361 e. The molecule has 0 aliphatic carbocycles. The lowest BCUT2D eigenvalue weighted by atomic mass is 9.97. The van der Waals surface area contributed by atoms with Gasteiger partial charge in [0.2, 0.25) is 0 Å². The predicted octanol–water partition coefficient (Wildman–Crippen LogP) is 3.05. The topological polar surface area (TPSA) is 59.2 Å². The molecule has 1 aliphatic rings. The lowest BCUT2D eigenvalue weighted by Gasteiger charge is -2.35. The number of hydrogen-bond acceptors (Lipinski definition) is 4. The molecule has 1 unspecified atom stereocenters. The SMILES string of the molecule is Cc1noc(C)c1C(=O)N1CCCCC1c1ccccn1. The second kappa shape index (κ2) is 5.68. The molecule has 1 saturated heterocycles. The van der Waals surface area contributed by atoms with Gasteiger partial charge < -0.3 is 9.42 Å². The fraction of sp³-hybridized carbons (Fsp3) is 0.438. The minimum absolute atomic E-state index is 0.00148. The van der Waals surface area contributed by atoms with Crippen molar-refractivity contribution < 1.29 is 9.32 Å². The summed E-state index contributed by atoms with van der Waals surface area (Å²) >= 11 is 0. The van der Waals surface area contributed by atoms with Crippen LogP contribution in [-0.4, -0.2) is 27.5 Å². The van der Waals surface area contributed by atoms with Gasteiger partial charge in [0.1, 0.15) is 11.3 Å². The van der Waals surface area contributed by atoms with E-state index in [-0.39, 0.29) is 11.9 Å². The Morgan fingerprint density at radius 3 is 2.86 bits per heavy atom. The van der Waals surface area contributed by atoms with Gasteiger partial charge in [-0.1, -0.05) is 11.2 Å². The third-order valence-corrected chi connectivity index (χ3v) is 4.04. The van der Waals surface area contributed by atoms with Gasteiger partial charge in [-0.3, -0.25) is 9.78 Å². The Hall–Kier alpha value is -2.17. The Morgan fingerprint density at radius 1 is 1.33 bits per heavy atom. The van der Waals surface area contributed by atoms with E-state index in [0.717, 1.165) is 31.5 Å². The molecule has 5 nitrogen and oxygen atoms in total. The molecule has 1 aliphatic heterocycles. The van der Waals surface area contributed by atoms with E-state index in [0.29, 0.717) is 17.0 Å². The highest BCUT2D eigenvalue weighted by atomic mass is 16.5. The molecule has 2 aromatic rings. The summed E-state index contributed by atoms with van der Waals surface area (Å²) in [5.74, 6) is 0.587. The number of pyridine rings is 1. The minimum atomic E-state index is 0.00148. The average Bonchev–Trinajstić information content (AvgIpc) is 2.86. The zero-order valence-electron chi connectivity index (χ0n) is 12.4. The number of amides is 1. The number of rotatable bonds is 2. The summed E-state index contributed by atoms with van der Waals surface area (Å²) in [6.07, 6.45) is 4.87. The Labute approximate surface area is 124 Å². The van der Waals surface area contributed by atoms with Crippen molar-refractivity contribution in [2.24, 2.45) is 0 Å². The molecular weight excluding hydrogens is 266 g/mol. The summed E-state index contributed by atoms with van der Waals surface area (Å²) in [4.78, 5) is 19.2. The van der Waals surface area contributed by atoms with Gasteiger partial charge in [-0.15, -0.1) is 0 Å². The van der Waals surface area contributed by atoms with Crippen LogP contribution in [0, 0.1) is 13.8 Å². The molecule has 3 rings (SSSR count). The summed E-state index contributed by atoms with van der Waals surface area (Å²) in [7, 11) is 0. The molecule has 0 spiro atoms.